The molecule has 1 aromatic carbocycles. The highest BCUT2D eigenvalue weighted by Gasteiger charge is 2.35. The van der Waals surface area contributed by atoms with Crippen LogP contribution in [0.4, 0.5) is 13.2 Å². The second kappa shape index (κ2) is 6.61. The summed E-state index contributed by atoms with van der Waals surface area (Å²) in [5, 5.41) is 11.9. The van der Waals surface area contributed by atoms with E-state index in [1.165, 1.54) is 12.1 Å². The molecule has 0 aliphatic carbocycles. The fraction of sp³-hybridized carbons (Fsp3) is 0.467. The van der Waals surface area contributed by atoms with Crippen LogP contribution in [0.2, 0.25) is 0 Å². The monoisotopic (exact) mass is 328 g/mol. The number of aryl methyl sites for hydroxylation is 1. The molecule has 2 rings (SSSR count). The summed E-state index contributed by atoms with van der Waals surface area (Å²) in [5.41, 5.74) is -0.830. The zero-order valence-electron chi connectivity index (χ0n) is 11.7. The lowest BCUT2D eigenvalue weighted by molar-refractivity contribution is -0.137. The van der Waals surface area contributed by atoms with Crippen LogP contribution in [0.15, 0.2) is 24.3 Å². The fourth-order valence-corrected chi connectivity index (χ4v) is 3.49. The lowest BCUT2D eigenvalue weighted by Crippen LogP contribution is -2.47. The highest BCUT2D eigenvalue weighted by Crippen LogP contribution is 2.29. The zero-order valence-corrected chi connectivity index (χ0v) is 12.6. The smallest absolute Gasteiger partial charge is 0.337 e. The molecule has 1 unspecified atom stereocenters. The SMILES string of the molecule is N#CC1(NC(=O)CCc2ccc(C(F)(F)F)cc2)CCSC1. The van der Waals surface area contributed by atoms with E-state index >= 15 is 0 Å². The Balaban J connectivity index is 1.87. The summed E-state index contributed by atoms with van der Waals surface area (Å²) in [7, 11) is 0. The second-order valence-corrected chi connectivity index (χ2v) is 6.34. The summed E-state index contributed by atoms with van der Waals surface area (Å²) in [6.45, 7) is 0. The van der Waals surface area contributed by atoms with Crippen LogP contribution in [0.3, 0.4) is 0 Å². The average molecular weight is 328 g/mol. The Bertz CT molecular complexity index is 572. The lowest BCUT2D eigenvalue weighted by Gasteiger charge is -2.21. The molecule has 1 N–H and O–H groups in total. The molecule has 7 heteroatoms. The molecule has 1 aliphatic heterocycles. The number of halogens is 3. The third kappa shape index (κ3) is 4.17. The van der Waals surface area contributed by atoms with Gasteiger partial charge in [-0.3, -0.25) is 4.79 Å². The zero-order chi connectivity index (χ0) is 16.2. The van der Waals surface area contributed by atoms with Crippen molar-refractivity contribution >= 4 is 17.7 Å². The molecule has 1 atom stereocenters. The standard InChI is InChI=1S/C15H15F3N2OS/c16-15(17,18)12-4-1-11(2-5-12)3-6-13(21)20-14(9-19)7-8-22-10-14/h1-2,4-5H,3,6-8,10H2,(H,20,21). The van der Waals surface area contributed by atoms with Gasteiger partial charge in [0.1, 0.15) is 5.54 Å². The molecule has 118 valence electrons. The van der Waals surface area contributed by atoms with Crippen molar-refractivity contribution in [3.8, 4) is 6.07 Å². The van der Waals surface area contributed by atoms with Gasteiger partial charge >= 0.3 is 6.18 Å². The van der Waals surface area contributed by atoms with Gasteiger partial charge in [0.25, 0.3) is 0 Å². The molecule has 0 saturated carbocycles. The number of nitrogens with one attached hydrogen (secondary N) is 1. The van der Waals surface area contributed by atoms with Crippen LogP contribution in [-0.2, 0) is 17.4 Å². The minimum Gasteiger partial charge on any atom is -0.337 e. The number of hydrogen-bond donors (Lipinski definition) is 1. The Morgan fingerprint density at radius 3 is 2.55 bits per heavy atom. The number of benzene rings is 1. The first-order chi connectivity index (χ1) is 10.3. The van der Waals surface area contributed by atoms with E-state index in [9.17, 15) is 23.2 Å². The molecule has 0 aromatic heterocycles. The van der Waals surface area contributed by atoms with Gasteiger partial charge in [-0.1, -0.05) is 12.1 Å². The molecule has 1 aromatic rings. The number of carbonyl (C=O) groups is 1. The number of thioether (sulfide) groups is 1. The largest absolute Gasteiger partial charge is 0.416 e. The van der Waals surface area contributed by atoms with Crippen molar-refractivity contribution in [1.82, 2.24) is 5.32 Å². The van der Waals surface area contributed by atoms with Crippen LogP contribution in [0.25, 0.3) is 0 Å². The first-order valence-electron chi connectivity index (χ1n) is 6.81. The van der Waals surface area contributed by atoms with Gasteiger partial charge in [0.05, 0.1) is 11.6 Å². The topological polar surface area (TPSA) is 52.9 Å². The summed E-state index contributed by atoms with van der Waals surface area (Å²) in [6, 6.07) is 6.93. The normalized spacial score (nSPS) is 21.4. The lowest BCUT2D eigenvalue weighted by atomic mass is 10.0. The van der Waals surface area contributed by atoms with Gasteiger partial charge in [-0.25, -0.2) is 0 Å². The molecule has 0 radical (unpaired) electrons. The third-order valence-electron chi connectivity index (χ3n) is 3.54. The predicted octanol–water partition coefficient (Wildman–Crippen LogP) is 3.15. The molecule has 1 amide bonds. The van der Waals surface area contributed by atoms with Crippen molar-refractivity contribution in [1.29, 1.82) is 5.26 Å². The molecule has 22 heavy (non-hydrogen) atoms. The Morgan fingerprint density at radius 1 is 1.36 bits per heavy atom. The molecule has 1 fully saturated rings. The molecule has 3 nitrogen and oxygen atoms in total. The van der Waals surface area contributed by atoms with Gasteiger partial charge in [0, 0.05) is 12.2 Å². The third-order valence-corrected chi connectivity index (χ3v) is 4.73. The molecular formula is C15H15F3N2OS. The van der Waals surface area contributed by atoms with E-state index in [0.717, 1.165) is 17.9 Å². The van der Waals surface area contributed by atoms with E-state index in [4.69, 9.17) is 0 Å². The maximum absolute atomic E-state index is 12.4. The van der Waals surface area contributed by atoms with Crippen LogP contribution >= 0.6 is 11.8 Å². The molecule has 1 heterocycles. The van der Waals surface area contributed by atoms with Crippen molar-refractivity contribution in [3.63, 3.8) is 0 Å². The van der Waals surface area contributed by atoms with Crippen molar-refractivity contribution in [3.05, 3.63) is 35.4 Å². The Labute approximate surface area is 130 Å². The van der Waals surface area contributed by atoms with Crippen molar-refractivity contribution in [2.45, 2.75) is 31.0 Å². The van der Waals surface area contributed by atoms with Gasteiger partial charge in [-0.15, -0.1) is 0 Å². The van der Waals surface area contributed by atoms with Crippen LogP contribution in [-0.4, -0.2) is 23.0 Å². The minimum atomic E-state index is -4.35. The van der Waals surface area contributed by atoms with Gasteiger partial charge in [0.2, 0.25) is 5.91 Å². The summed E-state index contributed by atoms with van der Waals surface area (Å²) in [6.07, 6.45) is -3.23. The first kappa shape index (κ1) is 16.7. The average Bonchev–Trinajstić information content (AvgIpc) is 2.94. The first-order valence-corrected chi connectivity index (χ1v) is 7.96. The molecular weight excluding hydrogens is 313 g/mol. The molecule has 1 saturated heterocycles. The highest BCUT2D eigenvalue weighted by atomic mass is 32.2. The molecule has 1 aliphatic rings. The molecule has 0 spiro atoms. The number of alkyl halides is 3. The number of hydrogen-bond acceptors (Lipinski definition) is 3. The second-order valence-electron chi connectivity index (χ2n) is 5.24. The Kier molecular flexibility index (Phi) is 5.01. The van der Waals surface area contributed by atoms with E-state index in [2.05, 4.69) is 11.4 Å². The Morgan fingerprint density at radius 2 is 2.05 bits per heavy atom. The van der Waals surface area contributed by atoms with Gasteiger partial charge in [-0.2, -0.15) is 30.2 Å². The molecule has 0 bridgehead atoms. The van der Waals surface area contributed by atoms with Gasteiger partial charge in [-0.05, 0) is 36.3 Å². The van der Waals surface area contributed by atoms with Crippen molar-refractivity contribution in [2.75, 3.05) is 11.5 Å². The van der Waals surface area contributed by atoms with Gasteiger partial charge in [0.15, 0.2) is 0 Å². The van der Waals surface area contributed by atoms with Crippen LogP contribution in [0, 0.1) is 11.3 Å². The minimum absolute atomic E-state index is 0.152. The number of nitriles is 1. The van der Waals surface area contributed by atoms with E-state index in [1.54, 1.807) is 11.8 Å². The van der Waals surface area contributed by atoms with Crippen LogP contribution in [0.5, 0.6) is 0 Å². The van der Waals surface area contributed by atoms with E-state index < -0.39 is 17.3 Å². The van der Waals surface area contributed by atoms with E-state index in [-0.39, 0.29) is 12.3 Å². The highest BCUT2D eigenvalue weighted by molar-refractivity contribution is 7.99. The Hall–Kier alpha value is -1.68. The summed E-state index contributed by atoms with van der Waals surface area (Å²) >= 11 is 1.62. The fourth-order valence-electron chi connectivity index (χ4n) is 2.23. The van der Waals surface area contributed by atoms with E-state index in [0.29, 0.717) is 24.2 Å². The number of carbonyl (C=O) groups excluding carboxylic acids is 1. The number of nitrogens with zero attached hydrogens (tertiary/aromatic N) is 1. The maximum Gasteiger partial charge on any atom is 0.416 e. The van der Waals surface area contributed by atoms with Crippen LogP contribution < -0.4 is 5.32 Å². The number of amides is 1. The summed E-state index contributed by atoms with van der Waals surface area (Å²) < 4.78 is 37.3. The number of rotatable bonds is 4. The van der Waals surface area contributed by atoms with Crippen LogP contribution in [0.1, 0.15) is 24.0 Å². The van der Waals surface area contributed by atoms with Crippen molar-refractivity contribution < 1.29 is 18.0 Å². The summed E-state index contributed by atoms with van der Waals surface area (Å²) in [4.78, 5) is 11.9. The summed E-state index contributed by atoms with van der Waals surface area (Å²) in [5.74, 6) is 1.17. The maximum atomic E-state index is 12.4. The quantitative estimate of drug-likeness (QED) is 0.924. The van der Waals surface area contributed by atoms with Gasteiger partial charge < -0.3 is 5.32 Å². The van der Waals surface area contributed by atoms with Crippen molar-refractivity contribution in [2.24, 2.45) is 0 Å². The van der Waals surface area contributed by atoms with E-state index in [1.807, 2.05) is 0 Å². The predicted molar refractivity (Wildman–Crippen MR) is 78.2 cm³/mol.